The van der Waals surface area contributed by atoms with Gasteiger partial charge in [0.15, 0.2) is 6.61 Å². The van der Waals surface area contributed by atoms with Gasteiger partial charge in [-0.1, -0.05) is 0 Å². The smallest absolute Gasteiger partial charge is 0.422 e. The SMILES string of the molecule is COC(=O)c1cc(CO)cc(OCC(F)(F)F)c1. The van der Waals surface area contributed by atoms with Crippen LogP contribution in [0.25, 0.3) is 0 Å². The molecule has 1 aromatic rings. The van der Waals surface area contributed by atoms with Gasteiger partial charge in [0.25, 0.3) is 0 Å². The average Bonchev–Trinajstić information content (AvgIpc) is 2.34. The zero-order chi connectivity index (χ0) is 13.8. The molecule has 4 nitrogen and oxygen atoms in total. The minimum Gasteiger partial charge on any atom is -0.484 e. The van der Waals surface area contributed by atoms with Gasteiger partial charge in [-0.2, -0.15) is 13.2 Å². The van der Waals surface area contributed by atoms with Crippen molar-refractivity contribution in [3.63, 3.8) is 0 Å². The maximum atomic E-state index is 12.0. The summed E-state index contributed by atoms with van der Waals surface area (Å²) in [4.78, 5) is 11.3. The molecule has 0 bridgehead atoms. The van der Waals surface area contributed by atoms with E-state index in [1.54, 1.807) is 0 Å². The lowest BCUT2D eigenvalue weighted by atomic mass is 10.1. The van der Waals surface area contributed by atoms with E-state index in [2.05, 4.69) is 9.47 Å². The highest BCUT2D eigenvalue weighted by Crippen LogP contribution is 2.21. The van der Waals surface area contributed by atoms with Crippen molar-refractivity contribution >= 4 is 5.97 Å². The van der Waals surface area contributed by atoms with Crippen molar-refractivity contribution < 1.29 is 32.5 Å². The number of ether oxygens (including phenoxy) is 2. The Morgan fingerprint density at radius 3 is 2.50 bits per heavy atom. The summed E-state index contributed by atoms with van der Waals surface area (Å²) in [6.07, 6.45) is -4.47. The lowest BCUT2D eigenvalue weighted by Gasteiger charge is -2.11. The number of rotatable bonds is 4. The van der Waals surface area contributed by atoms with Crippen LogP contribution < -0.4 is 4.74 Å². The topological polar surface area (TPSA) is 55.8 Å². The van der Waals surface area contributed by atoms with Gasteiger partial charge in [-0.15, -0.1) is 0 Å². The van der Waals surface area contributed by atoms with E-state index in [1.165, 1.54) is 12.1 Å². The van der Waals surface area contributed by atoms with Crippen LogP contribution in [0.3, 0.4) is 0 Å². The molecule has 0 atom stereocenters. The summed E-state index contributed by atoms with van der Waals surface area (Å²) >= 11 is 0. The van der Waals surface area contributed by atoms with Gasteiger partial charge in [0, 0.05) is 0 Å². The summed E-state index contributed by atoms with van der Waals surface area (Å²) < 4.78 is 44.9. The summed E-state index contributed by atoms with van der Waals surface area (Å²) in [5.74, 6) is -0.874. The highest BCUT2D eigenvalue weighted by atomic mass is 19.4. The van der Waals surface area contributed by atoms with Crippen LogP contribution >= 0.6 is 0 Å². The number of halogens is 3. The molecule has 1 aromatic carbocycles. The van der Waals surface area contributed by atoms with E-state index < -0.39 is 25.4 Å². The fourth-order valence-electron chi connectivity index (χ4n) is 1.24. The van der Waals surface area contributed by atoms with Crippen molar-refractivity contribution in [2.24, 2.45) is 0 Å². The van der Waals surface area contributed by atoms with Crippen molar-refractivity contribution in [3.05, 3.63) is 29.3 Å². The largest absolute Gasteiger partial charge is 0.484 e. The predicted octanol–water partition coefficient (Wildman–Crippen LogP) is 1.91. The van der Waals surface area contributed by atoms with Crippen molar-refractivity contribution in [3.8, 4) is 5.75 Å². The summed E-state index contributed by atoms with van der Waals surface area (Å²) in [5, 5.41) is 8.94. The van der Waals surface area contributed by atoms with E-state index in [4.69, 9.17) is 5.11 Å². The van der Waals surface area contributed by atoms with E-state index in [0.717, 1.165) is 13.2 Å². The Kier molecular flexibility index (Phi) is 4.55. The molecular weight excluding hydrogens is 253 g/mol. The van der Waals surface area contributed by atoms with Crippen LogP contribution in [0, 0.1) is 0 Å². The molecular formula is C11H11F3O4. The molecule has 1 N–H and O–H groups in total. The Bertz CT molecular complexity index is 429. The zero-order valence-corrected chi connectivity index (χ0v) is 9.45. The molecule has 0 fully saturated rings. The number of carbonyl (C=O) groups is 1. The lowest BCUT2D eigenvalue weighted by Crippen LogP contribution is -2.19. The van der Waals surface area contributed by atoms with Gasteiger partial charge in [0.1, 0.15) is 5.75 Å². The fourth-order valence-corrected chi connectivity index (χ4v) is 1.24. The zero-order valence-electron chi connectivity index (χ0n) is 9.45. The Morgan fingerprint density at radius 1 is 1.33 bits per heavy atom. The van der Waals surface area contributed by atoms with Crippen LogP contribution in [-0.2, 0) is 11.3 Å². The second-order valence-electron chi connectivity index (χ2n) is 3.42. The quantitative estimate of drug-likeness (QED) is 0.844. The van der Waals surface area contributed by atoms with Gasteiger partial charge in [-0.3, -0.25) is 0 Å². The molecule has 0 unspecified atom stereocenters. The highest BCUT2D eigenvalue weighted by Gasteiger charge is 2.28. The first-order valence-electron chi connectivity index (χ1n) is 4.88. The minimum atomic E-state index is -4.47. The minimum absolute atomic E-state index is 0.0150. The number of hydrogen-bond donors (Lipinski definition) is 1. The van der Waals surface area contributed by atoms with Crippen LogP contribution in [0.15, 0.2) is 18.2 Å². The molecule has 0 aromatic heterocycles. The molecule has 7 heteroatoms. The van der Waals surface area contributed by atoms with Crippen LogP contribution in [-0.4, -0.2) is 31.0 Å². The first kappa shape index (κ1) is 14.3. The lowest BCUT2D eigenvalue weighted by molar-refractivity contribution is -0.153. The van der Waals surface area contributed by atoms with Gasteiger partial charge >= 0.3 is 12.1 Å². The molecule has 0 aliphatic carbocycles. The monoisotopic (exact) mass is 264 g/mol. The van der Waals surface area contributed by atoms with Gasteiger partial charge < -0.3 is 14.6 Å². The fraction of sp³-hybridized carbons (Fsp3) is 0.364. The molecule has 0 heterocycles. The van der Waals surface area contributed by atoms with Crippen LogP contribution in [0.1, 0.15) is 15.9 Å². The third-order valence-electron chi connectivity index (χ3n) is 1.97. The normalized spacial score (nSPS) is 11.2. The number of esters is 1. The second kappa shape index (κ2) is 5.72. The van der Waals surface area contributed by atoms with E-state index in [1.807, 2.05) is 0 Å². The Morgan fingerprint density at radius 2 is 2.00 bits per heavy atom. The van der Waals surface area contributed by atoms with Crippen molar-refractivity contribution in [2.45, 2.75) is 12.8 Å². The van der Waals surface area contributed by atoms with E-state index in [0.29, 0.717) is 0 Å². The number of hydrogen-bond acceptors (Lipinski definition) is 4. The molecule has 100 valence electrons. The van der Waals surface area contributed by atoms with Crippen molar-refractivity contribution in [1.29, 1.82) is 0 Å². The standard InChI is InChI=1S/C11H11F3O4/c1-17-10(16)8-2-7(5-15)3-9(4-8)18-6-11(12,13)14/h2-4,15H,5-6H2,1H3. The average molecular weight is 264 g/mol. The molecule has 18 heavy (non-hydrogen) atoms. The number of benzene rings is 1. The maximum absolute atomic E-state index is 12.0. The first-order chi connectivity index (χ1) is 8.35. The number of aliphatic hydroxyl groups is 1. The van der Waals surface area contributed by atoms with Crippen molar-refractivity contribution in [1.82, 2.24) is 0 Å². The van der Waals surface area contributed by atoms with Gasteiger partial charge in [0.2, 0.25) is 0 Å². The summed E-state index contributed by atoms with van der Waals surface area (Å²) in [6.45, 7) is -1.89. The Labute approximate surface area is 101 Å². The van der Waals surface area contributed by atoms with Gasteiger partial charge in [-0.05, 0) is 23.8 Å². The molecule has 0 radical (unpaired) electrons. The summed E-state index contributed by atoms with van der Waals surface area (Å²) in [7, 11) is 1.14. The second-order valence-corrected chi connectivity index (χ2v) is 3.42. The third-order valence-corrected chi connectivity index (χ3v) is 1.97. The van der Waals surface area contributed by atoms with E-state index in [9.17, 15) is 18.0 Å². The molecule has 0 aliphatic rings. The van der Waals surface area contributed by atoms with Gasteiger partial charge in [0.05, 0.1) is 19.3 Å². The number of carbonyl (C=O) groups excluding carboxylic acids is 1. The van der Waals surface area contributed by atoms with Crippen LogP contribution in [0.4, 0.5) is 13.2 Å². The molecule has 0 amide bonds. The number of aliphatic hydroxyl groups excluding tert-OH is 1. The number of alkyl halides is 3. The molecule has 0 saturated heterocycles. The molecule has 1 rings (SSSR count). The summed E-state index contributed by atoms with van der Waals surface area (Å²) in [5.41, 5.74) is 0.274. The summed E-state index contributed by atoms with van der Waals surface area (Å²) in [6, 6.07) is 3.65. The Balaban J connectivity index is 2.94. The first-order valence-corrected chi connectivity index (χ1v) is 4.88. The molecule has 0 spiro atoms. The molecule has 0 saturated carbocycles. The van der Waals surface area contributed by atoms with Crippen LogP contribution in [0.2, 0.25) is 0 Å². The predicted molar refractivity (Wildman–Crippen MR) is 55.3 cm³/mol. The highest BCUT2D eigenvalue weighted by molar-refractivity contribution is 5.90. The van der Waals surface area contributed by atoms with Crippen molar-refractivity contribution in [2.75, 3.05) is 13.7 Å². The third kappa shape index (κ3) is 4.25. The van der Waals surface area contributed by atoms with Gasteiger partial charge in [-0.25, -0.2) is 4.79 Å². The van der Waals surface area contributed by atoms with Crippen LogP contribution in [0.5, 0.6) is 5.75 Å². The van der Waals surface area contributed by atoms with E-state index >= 15 is 0 Å². The molecule has 0 aliphatic heterocycles. The Hall–Kier alpha value is -1.76. The number of methoxy groups -OCH3 is 1. The van der Waals surface area contributed by atoms with E-state index in [-0.39, 0.29) is 16.9 Å². The maximum Gasteiger partial charge on any atom is 0.422 e.